The zero-order valence-electron chi connectivity index (χ0n) is 18.0. The number of nitrogens with one attached hydrogen (secondary N) is 1. The number of nitrogens with zero attached hydrogens (tertiary/aromatic N) is 1. The van der Waals surface area contributed by atoms with Crippen LogP contribution in [0.3, 0.4) is 0 Å². The van der Waals surface area contributed by atoms with Crippen molar-refractivity contribution in [1.29, 1.82) is 0 Å². The first-order valence-electron chi connectivity index (χ1n) is 9.85. The summed E-state index contributed by atoms with van der Waals surface area (Å²) in [5.41, 5.74) is 0.602. The molecule has 2 atom stereocenters. The Morgan fingerprint density at radius 1 is 1.18 bits per heavy atom. The number of amides is 3. The van der Waals surface area contributed by atoms with Crippen LogP contribution in [0.15, 0.2) is 24.3 Å². The maximum Gasteiger partial charge on any atom is 0.329 e. The van der Waals surface area contributed by atoms with Crippen molar-refractivity contribution in [2.24, 2.45) is 5.92 Å². The fourth-order valence-corrected chi connectivity index (χ4v) is 3.24. The fourth-order valence-electron chi connectivity index (χ4n) is 3.24. The van der Waals surface area contributed by atoms with Crippen LogP contribution in [-0.4, -0.2) is 35.5 Å². The van der Waals surface area contributed by atoms with Crippen molar-refractivity contribution < 1.29 is 19.1 Å². The van der Waals surface area contributed by atoms with Crippen LogP contribution in [0.2, 0.25) is 0 Å². The summed E-state index contributed by atoms with van der Waals surface area (Å²) < 4.78 is 5.28. The molecule has 0 spiro atoms. The molecular formula is C22H32N2O4. The second-order valence-corrected chi connectivity index (χ2v) is 9.01. The van der Waals surface area contributed by atoms with Gasteiger partial charge in [-0.25, -0.2) is 14.5 Å². The highest BCUT2D eigenvalue weighted by molar-refractivity contribution is 6.09. The van der Waals surface area contributed by atoms with E-state index >= 15 is 0 Å². The average molecular weight is 389 g/mol. The molecule has 28 heavy (non-hydrogen) atoms. The molecule has 1 aliphatic heterocycles. The fraction of sp³-hybridized carbons (Fsp3) is 0.591. The Morgan fingerprint density at radius 2 is 1.75 bits per heavy atom. The third-order valence-electron chi connectivity index (χ3n) is 5.08. The number of carbonyl (C=O) groups excluding carboxylic acids is 3. The van der Waals surface area contributed by atoms with Gasteiger partial charge in [0.05, 0.1) is 6.61 Å². The van der Waals surface area contributed by atoms with Gasteiger partial charge >= 0.3 is 12.0 Å². The predicted octanol–water partition coefficient (Wildman–Crippen LogP) is 3.73. The molecule has 0 aliphatic carbocycles. The first-order chi connectivity index (χ1) is 12.9. The minimum atomic E-state index is -1.21. The van der Waals surface area contributed by atoms with E-state index in [1.165, 1.54) is 0 Å². The molecule has 2 rings (SSSR count). The Bertz CT molecular complexity index is 749. The van der Waals surface area contributed by atoms with Gasteiger partial charge in [0.1, 0.15) is 11.6 Å². The number of imide groups is 1. The van der Waals surface area contributed by atoms with E-state index in [-0.39, 0.29) is 17.9 Å². The molecule has 1 N–H and O–H groups in total. The molecule has 3 amide bonds. The van der Waals surface area contributed by atoms with Gasteiger partial charge in [-0.05, 0) is 35.8 Å². The highest BCUT2D eigenvalue weighted by atomic mass is 16.5. The van der Waals surface area contributed by atoms with Crippen molar-refractivity contribution in [2.75, 3.05) is 6.61 Å². The minimum Gasteiger partial charge on any atom is -0.464 e. The lowest BCUT2D eigenvalue weighted by atomic mass is 9.84. The maximum atomic E-state index is 13.2. The summed E-state index contributed by atoms with van der Waals surface area (Å²) in [5.74, 6) is -0.808. The lowest BCUT2D eigenvalue weighted by Gasteiger charge is -2.26. The molecule has 0 saturated carbocycles. The van der Waals surface area contributed by atoms with Crippen LogP contribution >= 0.6 is 0 Å². The lowest BCUT2D eigenvalue weighted by molar-refractivity contribution is -0.154. The number of urea groups is 1. The number of hydrogen-bond acceptors (Lipinski definition) is 4. The minimum absolute atomic E-state index is 0.0120. The smallest absolute Gasteiger partial charge is 0.329 e. The summed E-state index contributed by atoms with van der Waals surface area (Å²) in [6.45, 7) is 13.9. The predicted molar refractivity (Wildman–Crippen MR) is 108 cm³/mol. The highest BCUT2D eigenvalue weighted by Gasteiger charge is 2.52. The van der Waals surface area contributed by atoms with Crippen molar-refractivity contribution in [1.82, 2.24) is 10.2 Å². The first kappa shape index (κ1) is 21.9. The highest BCUT2D eigenvalue weighted by Crippen LogP contribution is 2.32. The molecule has 6 heteroatoms. The van der Waals surface area contributed by atoms with E-state index in [1.807, 2.05) is 38.1 Å². The number of benzene rings is 1. The summed E-state index contributed by atoms with van der Waals surface area (Å²) in [4.78, 5) is 39.3. The van der Waals surface area contributed by atoms with Crippen LogP contribution in [-0.2, 0) is 25.3 Å². The Labute approximate surface area is 167 Å². The molecule has 1 aliphatic rings. The summed E-state index contributed by atoms with van der Waals surface area (Å²) >= 11 is 0. The van der Waals surface area contributed by atoms with E-state index < -0.39 is 29.5 Å². The molecule has 1 fully saturated rings. The summed E-state index contributed by atoms with van der Waals surface area (Å²) in [6.07, 6.45) is 0.301. The van der Waals surface area contributed by atoms with E-state index in [1.54, 1.807) is 13.8 Å². The Balaban J connectivity index is 2.29. The normalized spacial score (nSPS) is 21.1. The molecule has 154 valence electrons. The van der Waals surface area contributed by atoms with Crippen LogP contribution < -0.4 is 5.32 Å². The van der Waals surface area contributed by atoms with E-state index in [9.17, 15) is 14.4 Å². The van der Waals surface area contributed by atoms with Crippen molar-refractivity contribution in [2.45, 2.75) is 71.9 Å². The van der Waals surface area contributed by atoms with E-state index in [4.69, 9.17) is 4.74 Å². The third-order valence-corrected chi connectivity index (χ3v) is 5.08. The van der Waals surface area contributed by atoms with Crippen LogP contribution in [0, 0.1) is 5.92 Å². The zero-order chi connectivity index (χ0) is 21.3. The molecular weight excluding hydrogens is 356 g/mol. The summed E-state index contributed by atoms with van der Waals surface area (Å²) in [7, 11) is 0. The Kier molecular flexibility index (Phi) is 6.21. The van der Waals surface area contributed by atoms with Crippen LogP contribution in [0.4, 0.5) is 4.79 Å². The SMILES string of the molecule is CCC(C(=O)OCC(C)C)N1C(=O)NC(C)(c2ccc(C(C)(C)C)cc2)C1=O. The topological polar surface area (TPSA) is 75.7 Å². The lowest BCUT2D eigenvalue weighted by Crippen LogP contribution is -2.47. The number of esters is 1. The molecule has 1 heterocycles. The second kappa shape index (κ2) is 7.94. The number of rotatable bonds is 6. The quantitative estimate of drug-likeness (QED) is 0.595. The molecule has 6 nitrogen and oxygen atoms in total. The Morgan fingerprint density at radius 3 is 2.21 bits per heavy atom. The molecule has 2 unspecified atom stereocenters. The average Bonchev–Trinajstić information content (AvgIpc) is 2.84. The standard InChI is InChI=1S/C22H32N2O4/c1-8-17(18(25)28-13-14(2)3)24-19(26)22(7,23-20(24)27)16-11-9-15(10-12-16)21(4,5)6/h9-12,14,17H,8,13H2,1-7H3,(H,23,27). The zero-order valence-corrected chi connectivity index (χ0v) is 18.0. The summed E-state index contributed by atoms with van der Waals surface area (Å²) in [6, 6.07) is 6.16. The van der Waals surface area contributed by atoms with Gasteiger partial charge in [0.15, 0.2) is 0 Å². The monoisotopic (exact) mass is 388 g/mol. The number of carbonyl (C=O) groups is 3. The van der Waals surface area contributed by atoms with Crippen LogP contribution in [0.5, 0.6) is 0 Å². The van der Waals surface area contributed by atoms with Gasteiger partial charge in [-0.15, -0.1) is 0 Å². The largest absolute Gasteiger partial charge is 0.464 e. The first-order valence-corrected chi connectivity index (χ1v) is 9.85. The maximum absolute atomic E-state index is 13.2. The van der Waals surface area contributed by atoms with Crippen molar-refractivity contribution in [3.8, 4) is 0 Å². The molecule has 1 saturated heterocycles. The van der Waals surface area contributed by atoms with Gasteiger partial charge in [0.2, 0.25) is 0 Å². The van der Waals surface area contributed by atoms with Gasteiger partial charge in [0.25, 0.3) is 5.91 Å². The molecule has 1 aromatic rings. The van der Waals surface area contributed by atoms with Crippen molar-refractivity contribution in [3.05, 3.63) is 35.4 Å². The van der Waals surface area contributed by atoms with Crippen LogP contribution in [0.25, 0.3) is 0 Å². The van der Waals surface area contributed by atoms with Crippen molar-refractivity contribution >= 4 is 17.9 Å². The third kappa shape index (κ3) is 4.21. The van der Waals surface area contributed by atoms with Crippen molar-refractivity contribution in [3.63, 3.8) is 0 Å². The second-order valence-electron chi connectivity index (χ2n) is 9.01. The van der Waals surface area contributed by atoms with Gasteiger partial charge < -0.3 is 10.1 Å². The van der Waals surface area contributed by atoms with Gasteiger partial charge in [-0.1, -0.05) is 65.8 Å². The van der Waals surface area contributed by atoms with Gasteiger partial charge in [0, 0.05) is 0 Å². The van der Waals surface area contributed by atoms with E-state index in [0.29, 0.717) is 12.0 Å². The van der Waals surface area contributed by atoms with Gasteiger partial charge in [-0.2, -0.15) is 0 Å². The van der Waals surface area contributed by atoms with Crippen LogP contribution in [0.1, 0.15) is 66.0 Å². The molecule has 0 bridgehead atoms. The summed E-state index contributed by atoms with van der Waals surface area (Å²) in [5, 5.41) is 2.77. The number of hydrogen-bond donors (Lipinski definition) is 1. The van der Waals surface area contributed by atoms with Gasteiger partial charge in [-0.3, -0.25) is 4.79 Å². The number of ether oxygens (including phenoxy) is 1. The molecule has 0 aromatic heterocycles. The van der Waals surface area contributed by atoms with E-state index in [0.717, 1.165) is 10.5 Å². The molecule has 0 radical (unpaired) electrons. The Hall–Kier alpha value is -2.37. The van der Waals surface area contributed by atoms with E-state index in [2.05, 4.69) is 26.1 Å². The molecule has 1 aromatic carbocycles.